The Morgan fingerprint density at radius 2 is 1.23 bits per heavy atom. The number of aliphatic hydroxyl groups excluding tert-OH is 10. The summed E-state index contributed by atoms with van der Waals surface area (Å²) in [4.78, 5) is 12.7. The van der Waals surface area contributed by atoms with E-state index >= 15 is 0 Å². The highest BCUT2D eigenvalue weighted by Crippen LogP contribution is 2.65. The second-order valence-corrected chi connectivity index (χ2v) is 17.0. The molecule has 3 heterocycles. The molecule has 21 atom stereocenters. The third kappa shape index (κ3) is 7.84. The normalized spacial score (nSPS) is 51.4. The maximum Gasteiger partial charge on any atom is 0.309 e. The van der Waals surface area contributed by atoms with Gasteiger partial charge in [-0.2, -0.15) is 0 Å². The zero-order valence-electron chi connectivity index (χ0n) is 31.9. The Hall–Kier alpha value is -1.43. The van der Waals surface area contributed by atoms with E-state index in [4.69, 9.17) is 28.4 Å². The molecular weight excluding hydrogens is 744 g/mol. The van der Waals surface area contributed by atoms with Crippen LogP contribution in [-0.2, 0) is 33.2 Å². The smallest absolute Gasteiger partial charge is 0.309 e. The van der Waals surface area contributed by atoms with Gasteiger partial charge >= 0.3 is 5.97 Å². The van der Waals surface area contributed by atoms with Crippen molar-refractivity contribution in [2.24, 2.45) is 28.6 Å². The first-order chi connectivity index (χ1) is 26.6. The van der Waals surface area contributed by atoms with Crippen LogP contribution in [-0.4, -0.2) is 180 Å². The van der Waals surface area contributed by atoms with Crippen molar-refractivity contribution in [3.8, 4) is 0 Å². The van der Waals surface area contributed by atoms with Crippen molar-refractivity contribution in [3.05, 3.63) is 12.2 Å². The van der Waals surface area contributed by atoms with Crippen LogP contribution < -0.4 is 0 Å². The quantitative estimate of drug-likeness (QED) is 0.0995. The molecule has 3 aliphatic carbocycles. The minimum absolute atomic E-state index is 0.00311. The van der Waals surface area contributed by atoms with Gasteiger partial charge in [-0.05, 0) is 87.0 Å². The van der Waals surface area contributed by atoms with Gasteiger partial charge in [-0.15, -0.1) is 0 Å². The van der Waals surface area contributed by atoms with Gasteiger partial charge < -0.3 is 84.6 Å². The number of aliphatic carboxylic acids is 1. The molecule has 6 rings (SSSR count). The van der Waals surface area contributed by atoms with Crippen molar-refractivity contribution in [3.63, 3.8) is 0 Å². The number of carboxylic acids is 1. The number of fused-ring (bicyclic) bond motifs is 3. The zero-order valence-corrected chi connectivity index (χ0v) is 31.9. The molecule has 18 heteroatoms. The number of ether oxygens (including phenoxy) is 6. The fraction of sp³-hybridized carbons (Fsp3) is 0.921. The van der Waals surface area contributed by atoms with E-state index < -0.39 is 129 Å². The summed E-state index contributed by atoms with van der Waals surface area (Å²) in [6, 6.07) is 0. The van der Waals surface area contributed by atoms with Crippen molar-refractivity contribution in [2.75, 3.05) is 19.8 Å². The van der Waals surface area contributed by atoms with Crippen LogP contribution in [0, 0.1) is 28.6 Å². The molecule has 18 nitrogen and oxygen atoms in total. The van der Waals surface area contributed by atoms with Crippen molar-refractivity contribution in [1.82, 2.24) is 0 Å². The molecule has 0 aromatic heterocycles. The number of hydrogen-bond acceptors (Lipinski definition) is 17. The second-order valence-electron chi connectivity index (χ2n) is 17.0. The standard InChI is InChI=1S/C38H62O18/c1-4-38-11-5-10-37(3,36(49)50)23(38)9-6-17-12-16(2)19(8-7-18(17)38)51-35-32(56-34-30(48)28(46)25(43)21(14-40)53-34)31(26(44)22(15-41)54-35)55-33-29(47)27(45)24(42)20(13-39)52-33/h17-35,39-48H,2,4-15H2,1,3H3,(H,49,50)/t17?,18-,19?,20?,21?,22?,23?,24?,25?,26?,27?,28?,29?,30?,31?,32?,33?,34?,35?,37-,38+/m1/s1. The molecule has 0 radical (unpaired) electrons. The monoisotopic (exact) mass is 806 g/mol. The Labute approximate surface area is 325 Å². The highest BCUT2D eigenvalue weighted by Gasteiger charge is 2.61. The number of carbonyl (C=O) groups is 1. The van der Waals surface area contributed by atoms with Crippen LogP contribution in [0.3, 0.4) is 0 Å². The van der Waals surface area contributed by atoms with Crippen LogP contribution in [0.5, 0.6) is 0 Å². The van der Waals surface area contributed by atoms with Crippen LogP contribution in [0.2, 0.25) is 0 Å². The average Bonchev–Trinajstić information content (AvgIpc) is 3.34. The largest absolute Gasteiger partial charge is 0.481 e. The predicted molar refractivity (Wildman–Crippen MR) is 189 cm³/mol. The minimum Gasteiger partial charge on any atom is -0.481 e. The molecular formula is C38H62O18. The lowest BCUT2D eigenvalue weighted by Gasteiger charge is -2.60. The fourth-order valence-electron chi connectivity index (χ4n) is 11.0. The third-order valence-electron chi connectivity index (χ3n) is 14.2. The minimum atomic E-state index is -1.91. The lowest BCUT2D eigenvalue weighted by molar-refractivity contribution is -0.394. The maximum atomic E-state index is 12.7. The van der Waals surface area contributed by atoms with Gasteiger partial charge in [0, 0.05) is 0 Å². The molecule has 0 aromatic carbocycles. The molecule has 6 aliphatic rings. The van der Waals surface area contributed by atoms with Crippen molar-refractivity contribution in [1.29, 1.82) is 0 Å². The number of aliphatic hydroxyl groups is 10. The van der Waals surface area contributed by atoms with Crippen LogP contribution in [0.15, 0.2) is 12.2 Å². The number of hydrogen-bond donors (Lipinski definition) is 11. The Morgan fingerprint density at radius 1 is 0.696 bits per heavy atom. The van der Waals surface area contributed by atoms with Gasteiger partial charge in [-0.3, -0.25) is 4.79 Å². The summed E-state index contributed by atoms with van der Waals surface area (Å²) >= 11 is 0. The van der Waals surface area contributed by atoms with E-state index in [9.17, 15) is 61.0 Å². The first-order valence-electron chi connectivity index (χ1n) is 20.0. The van der Waals surface area contributed by atoms with Gasteiger partial charge in [0.05, 0.1) is 31.3 Å². The molecule has 0 spiro atoms. The van der Waals surface area contributed by atoms with E-state index in [1.165, 1.54) is 0 Å². The number of carboxylic acid groups (broad SMARTS) is 1. The summed E-state index contributed by atoms with van der Waals surface area (Å²) in [6.07, 6.45) is -19.6. The van der Waals surface area contributed by atoms with Gasteiger partial charge in [0.15, 0.2) is 18.9 Å². The lowest BCUT2D eigenvalue weighted by Crippen LogP contribution is -2.67. The SMILES string of the molecule is C=C1CC2CCC3[C@@](CC)(CCC[C@@]3(C)C(=O)O)[C@@H]2CCC1OC1OC(CO)C(O)C(OC2OC(CO)C(O)C(O)C2O)C1OC1OC(CO)C(O)C(O)C1O. The van der Waals surface area contributed by atoms with Crippen molar-refractivity contribution < 1.29 is 89.4 Å². The van der Waals surface area contributed by atoms with Gasteiger partial charge in [0.25, 0.3) is 0 Å². The second kappa shape index (κ2) is 17.7. The zero-order chi connectivity index (χ0) is 40.9. The summed E-state index contributed by atoms with van der Waals surface area (Å²) in [5, 5.41) is 116. The molecule has 0 bridgehead atoms. The van der Waals surface area contributed by atoms with Crippen LogP contribution in [0.4, 0.5) is 0 Å². The molecule has 56 heavy (non-hydrogen) atoms. The third-order valence-corrected chi connectivity index (χ3v) is 14.2. The summed E-state index contributed by atoms with van der Waals surface area (Å²) in [5.74, 6) is -0.369. The molecule has 6 fully saturated rings. The highest BCUT2D eigenvalue weighted by atomic mass is 16.8. The van der Waals surface area contributed by atoms with E-state index in [0.717, 1.165) is 37.7 Å². The summed E-state index contributed by atoms with van der Waals surface area (Å²) in [6.45, 7) is 6.11. The van der Waals surface area contributed by atoms with E-state index in [2.05, 4.69) is 13.5 Å². The van der Waals surface area contributed by atoms with Crippen molar-refractivity contribution >= 4 is 5.97 Å². The van der Waals surface area contributed by atoms with Crippen LogP contribution >= 0.6 is 0 Å². The lowest BCUT2D eigenvalue weighted by atomic mass is 9.44. The van der Waals surface area contributed by atoms with Gasteiger partial charge in [0.2, 0.25) is 0 Å². The Kier molecular flexibility index (Phi) is 13.9. The number of rotatable bonds is 11. The average molecular weight is 807 g/mol. The van der Waals surface area contributed by atoms with Crippen LogP contribution in [0.1, 0.15) is 71.6 Å². The molecule has 3 aliphatic heterocycles. The first-order valence-corrected chi connectivity index (χ1v) is 20.0. The van der Waals surface area contributed by atoms with E-state index in [1.807, 2.05) is 6.92 Å². The predicted octanol–water partition coefficient (Wildman–Crippen LogP) is -2.13. The molecule has 11 N–H and O–H groups in total. The van der Waals surface area contributed by atoms with Gasteiger partial charge in [-0.1, -0.05) is 19.9 Å². The summed E-state index contributed by atoms with van der Waals surface area (Å²) < 4.78 is 36.1. The molecule has 3 saturated heterocycles. The van der Waals surface area contributed by atoms with E-state index in [1.54, 1.807) is 0 Å². The molecule has 3 saturated carbocycles. The van der Waals surface area contributed by atoms with E-state index in [-0.39, 0.29) is 23.2 Å². The molecule has 322 valence electrons. The molecule has 0 amide bonds. The summed E-state index contributed by atoms with van der Waals surface area (Å²) in [5.41, 5.74) is -0.303. The van der Waals surface area contributed by atoms with Crippen LogP contribution in [0.25, 0.3) is 0 Å². The molecule has 0 aromatic rings. The first kappa shape index (κ1) is 44.1. The van der Waals surface area contributed by atoms with Crippen molar-refractivity contribution in [2.45, 2.75) is 170 Å². The Morgan fingerprint density at radius 3 is 1.77 bits per heavy atom. The molecule has 18 unspecified atom stereocenters. The topological polar surface area (TPSA) is 295 Å². The van der Waals surface area contributed by atoms with E-state index in [0.29, 0.717) is 25.7 Å². The fourth-order valence-corrected chi connectivity index (χ4v) is 11.0. The maximum absolute atomic E-state index is 12.7. The Balaban J connectivity index is 1.30. The highest BCUT2D eigenvalue weighted by molar-refractivity contribution is 5.75. The van der Waals surface area contributed by atoms with Gasteiger partial charge in [-0.25, -0.2) is 0 Å². The Bertz CT molecular complexity index is 1350. The summed E-state index contributed by atoms with van der Waals surface area (Å²) in [7, 11) is 0. The van der Waals surface area contributed by atoms with Gasteiger partial charge in [0.1, 0.15) is 73.2 Å².